The third-order valence-electron chi connectivity index (χ3n) is 4.24. The van der Waals surface area contributed by atoms with Crippen molar-refractivity contribution in [2.24, 2.45) is 5.92 Å². The number of sulfone groups is 2. The van der Waals surface area contributed by atoms with E-state index in [-0.39, 0.29) is 32.2 Å². The van der Waals surface area contributed by atoms with Crippen LogP contribution in [0.5, 0.6) is 0 Å². The predicted molar refractivity (Wildman–Crippen MR) is 86.3 cm³/mol. The second-order valence-electron chi connectivity index (χ2n) is 6.43. The lowest BCUT2D eigenvalue weighted by Crippen LogP contribution is -2.41. The van der Waals surface area contributed by atoms with Gasteiger partial charge in [-0.05, 0) is 32.6 Å². The molecule has 1 fully saturated rings. The number of ether oxygens (including phenoxy) is 2. The van der Waals surface area contributed by atoms with Gasteiger partial charge in [0.05, 0.1) is 12.0 Å². The van der Waals surface area contributed by atoms with Crippen LogP contribution < -0.4 is 0 Å². The van der Waals surface area contributed by atoms with E-state index in [1.54, 1.807) is 0 Å². The van der Waals surface area contributed by atoms with Crippen LogP contribution in [0.25, 0.3) is 0 Å². The number of rotatable bonds is 8. The van der Waals surface area contributed by atoms with E-state index in [1.807, 2.05) is 0 Å². The SMILES string of the molecule is CC(C[C-](S(=O)(=O)C(F)(F)F)S(=O)(=O)C(F)(F)F)OC(=O)C1CCC(OC=O)CC1. The van der Waals surface area contributed by atoms with Crippen molar-refractivity contribution in [3.05, 3.63) is 4.58 Å². The first-order valence-electron chi connectivity index (χ1n) is 8.23. The standard InChI is InChI=1S/C14H17F6O8S2/c1-8(28-12(22)9-2-4-10(5-3-9)27-7-21)6-11(29(23,24)13(15,16)17)30(25,26)14(18,19)20/h7-10H,2-6H2,1H3/q-1. The molecule has 1 saturated carbocycles. The Morgan fingerprint density at radius 3 is 1.80 bits per heavy atom. The molecular formula is C14H17F6O8S2-. The Morgan fingerprint density at radius 1 is 1.00 bits per heavy atom. The normalized spacial score (nSPS) is 22.4. The molecule has 0 heterocycles. The summed E-state index contributed by atoms with van der Waals surface area (Å²) >= 11 is 0. The van der Waals surface area contributed by atoms with Crippen LogP contribution in [0.3, 0.4) is 0 Å². The molecule has 0 bridgehead atoms. The molecule has 1 atom stereocenters. The first-order valence-corrected chi connectivity index (χ1v) is 11.2. The molecule has 176 valence electrons. The second-order valence-corrected chi connectivity index (χ2v) is 10.6. The summed E-state index contributed by atoms with van der Waals surface area (Å²) in [5.74, 6) is -1.89. The lowest BCUT2D eigenvalue weighted by Gasteiger charge is -2.34. The Labute approximate surface area is 167 Å². The van der Waals surface area contributed by atoms with Crippen molar-refractivity contribution >= 4 is 32.1 Å². The number of hydrogen-bond donors (Lipinski definition) is 0. The van der Waals surface area contributed by atoms with E-state index in [2.05, 4.69) is 0 Å². The Hall–Kier alpha value is -1.58. The summed E-state index contributed by atoms with van der Waals surface area (Å²) in [5.41, 5.74) is -12.6. The fraction of sp³-hybridized carbons (Fsp3) is 0.786. The van der Waals surface area contributed by atoms with Crippen molar-refractivity contribution in [1.82, 2.24) is 0 Å². The third kappa shape index (κ3) is 5.98. The van der Waals surface area contributed by atoms with E-state index in [9.17, 15) is 52.8 Å². The maximum atomic E-state index is 12.7. The maximum absolute atomic E-state index is 12.7. The Kier molecular flexibility index (Phi) is 8.18. The van der Waals surface area contributed by atoms with Gasteiger partial charge in [-0.25, -0.2) is 0 Å². The minimum Gasteiger partial charge on any atom is -0.465 e. The molecule has 0 N–H and O–H groups in total. The van der Waals surface area contributed by atoms with E-state index in [1.165, 1.54) is 0 Å². The van der Waals surface area contributed by atoms with Gasteiger partial charge in [-0.2, -0.15) is 26.3 Å². The summed E-state index contributed by atoms with van der Waals surface area (Å²) in [5, 5.41) is 0. The van der Waals surface area contributed by atoms with Gasteiger partial charge in [-0.15, -0.1) is 6.42 Å². The lowest BCUT2D eigenvalue weighted by molar-refractivity contribution is -0.155. The topological polar surface area (TPSA) is 121 Å². The van der Waals surface area contributed by atoms with Crippen LogP contribution in [0.1, 0.15) is 39.0 Å². The number of alkyl halides is 6. The zero-order chi connectivity index (χ0) is 23.5. The van der Waals surface area contributed by atoms with Crippen molar-refractivity contribution in [2.75, 3.05) is 0 Å². The van der Waals surface area contributed by atoms with Gasteiger partial charge in [0.2, 0.25) is 0 Å². The summed E-state index contributed by atoms with van der Waals surface area (Å²) < 4.78 is 129. The average Bonchev–Trinajstić information content (AvgIpc) is 2.58. The van der Waals surface area contributed by atoms with Crippen LogP contribution in [0.4, 0.5) is 26.3 Å². The fourth-order valence-corrected chi connectivity index (χ4v) is 5.85. The first kappa shape index (κ1) is 26.5. The molecule has 30 heavy (non-hydrogen) atoms. The highest BCUT2D eigenvalue weighted by molar-refractivity contribution is 8.13. The van der Waals surface area contributed by atoms with E-state index >= 15 is 0 Å². The molecule has 0 spiro atoms. The van der Waals surface area contributed by atoms with Crippen molar-refractivity contribution in [1.29, 1.82) is 0 Å². The van der Waals surface area contributed by atoms with E-state index in [4.69, 9.17) is 9.47 Å². The lowest BCUT2D eigenvalue weighted by atomic mass is 9.87. The van der Waals surface area contributed by atoms with E-state index in [0.717, 1.165) is 6.92 Å². The summed E-state index contributed by atoms with van der Waals surface area (Å²) in [7, 11) is -13.8. The highest BCUT2D eigenvalue weighted by atomic mass is 32.3. The molecule has 0 radical (unpaired) electrons. The zero-order valence-electron chi connectivity index (χ0n) is 15.2. The number of hydrogen-bond acceptors (Lipinski definition) is 8. The van der Waals surface area contributed by atoms with Crippen LogP contribution in [0.2, 0.25) is 0 Å². The van der Waals surface area contributed by atoms with Crippen molar-refractivity contribution in [3.8, 4) is 0 Å². The monoisotopic (exact) mass is 491 g/mol. The number of carbonyl (C=O) groups excluding carboxylic acids is 2. The zero-order valence-corrected chi connectivity index (χ0v) is 16.8. The van der Waals surface area contributed by atoms with Gasteiger partial charge in [0.15, 0.2) is 0 Å². The minimum absolute atomic E-state index is 0.127. The Balaban J connectivity index is 2.98. The fourth-order valence-electron chi connectivity index (χ4n) is 2.71. The van der Waals surface area contributed by atoms with Crippen molar-refractivity contribution in [2.45, 2.75) is 62.3 Å². The number of halogens is 6. The highest BCUT2D eigenvalue weighted by Gasteiger charge is 2.54. The molecule has 1 aliphatic carbocycles. The molecule has 0 aromatic heterocycles. The van der Waals surface area contributed by atoms with Crippen molar-refractivity contribution in [3.63, 3.8) is 0 Å². The van der Waals surface area contributed by atoms with Gasteiger partial charge < -0.3 is 9.47 Å². The first-order chi connectivity index (χ1) is 13.4. The molecule has 16 heteroatoms. The number of esters is 1. The van der Waals surface area contributed by atoms with Crippen LogP contribution in [-0.2, 0) is 38.7 Å². The second kappa shape index (κ2) is 9.28. The van der Waals surface area contributed by atoms with Gasteiger partial charge in [0.1, 0.15) is 25.8 Å². The molecule has 0 amide bonds. The molecule has 1 aliphatic rings. The van der Waals surface area contributed by atoms with Crippen LogP contribution in [0.15, 0.2) is 0 Å². The maximum Gasteiger partial charge on any atom is 0.469 e. The quantitative estimate of drug-likeness (QED) is 0.220. The highest BCUT2D eigenvalue weighted by Crippen LogP contribution is 2.43. The minimum atomic E-state index is -6.88. The van der Waals surface area contributed by atoms with Gasteiger partial charge in [-0.1, -0.05) is 4.58 Å². The molecule has 1 unspecified atom stereocenters. The molecular weight excluding hydrogens is 474 g/mol. The smallest absolute Gasteiger partial charge is 0.465 e. The molecule has 0 aliphatic heterocycles. The van der Waals surface area contributed by atoms with Crippen molar-refractivity contribution < 1.29 is 62.2 Å². The largest absolute Gasteiger partial charge is 0.469 e. The van der Waals surface area contributed by atoms with Gasteiger partial charge in [0.25, 0.3) is 6.47 Å². The molecule has 8 nitrogen and oxygen atoms in total. The van der Waals surface area contributed by atoms with Gasteiger partial charge in [0, 0.05) is 0 Å². The molecule has 0 aromatic carbocycles. The Morgan fingerprint density at radius 2 is 1.43 bits per heavy atom. The molecule has 0 aromatic rings. The molecule has 1 rings (SSSR count). The average molecular weight is 491 g/mol. The summed E-state index contributed by atoms with van der Waals surface area (Å²) in [6, 6.07) is 0. The van der Waals surface area contributed by atoms with Crippen LogP contribution in [0, 0.1) is 10.5 Å². The predicted octanol–water partition coefficient (Wildman–Crippen LogP) is 2.40. The van der Waals surface area contributed by atoms with Crippen LogP contribution >= 0.6 is 0 Å². The molecule has 0 saturated heterocycles. The van der Waals surface area contributed by atoms with E-state index in [0.29, 0.717) is 0 Å². The number of carbonyl (C=O) groups is 2. The Bertz CT molecular complexity index is 781. The van der Waals surface area contributed by atoms with Crippen LogP contribution in [-0.4, -0.2) is 52.5 Å². The summed E-state index contributed by atoms with van der Waals surface area (Å²) in [6.07, 6.45) is -3.49. The third-order valence-corrected chi connectivity index (χ3v) is 8.30. The van der Waals surface area contributed by atoms with Gasteiger partial charge in [-0.3, -0.25) is 26.4 Å². The summed E-state index contributed by atoms with van der Waals surface area (Å²) in [4.78, 5) is 22.3. The van der Waals surface area contributed by atoms with E-state index < -0.39 is 65.8 Å². The summed E-state index contributed by atoms with van der Waals surface area (Å²) in [6.45, 7) is 0.974. The van der Waals surface area contributed by atoms with Gasteiger partial charge >= 0.3 is 17.0 Å².